The number of hydrogen-bond acceptors (Lipinski definition) is 3. The van der Waals surface area contributed by atoms with Crippen molar-refractivity contribution in [3.05, 3.63) is 29.3 Å². The van der Waals surface area contributed by atoms with E-state index in [9.17, 15) is 4.79 Å². The lowest BCUT2D eigenvalue weighted by Gasteiger charge is -2.13. The van der Waals surface area contributed by atoms with E-state index < -0.39 is 0 Å². The summed E-state index contributed by atoms with van der Waals surface area (Å²) in [7, 11) is 0. The van der Waals surface area contributed by atoms with Crippen LogP contribution in [0, 0.1) is 11.3 Å². The quantitative estimate of drug-likeness (QED) is 0.728. The Kier molecular flexibility index (Phi) is 3.21. The summed E-state index contributed by atoms with van der Waals surface area (Å²) >= 11 is 0. The van der Waals surface area contributed by atoms with Crippen molar-refractivity contribution < 1.29 is 9.53 Å². The second-order valence-electron chi connectivity index (χ2n) is 4.06. The van der Waals surface area contributed by atoms with Crippen molar-refractivity contribution in [1.29, 1.82) is 5.26 Å². The number of carbonyl (C=O) groups excluding carboxylic acids is 1. The molecule has 0 aliphatic heterocycles. The fourth-order valence-electron chi connectivity index (χ4n) is 2.33. The van der Waals surface area contributed by atoms with Crippen LogP contribution in [0.4, 0.5) is 0 Å². The van der Waals surface area contributed by atoms with E-state index in [1.165, 1.54) is 12.8 Å². The van der Waals surface area contributed by atoms with Crippen LogP contribution in [0.5, 0.6) is 5.75 Å². The molecular weight excluding hydrogens is 202 g/mol. The predicted octanol–water partition coefficient (Wildman–Crippen LogP) is 2.75. The Labute approximate surface area is 94.6 Å². The van der Waals surface area contributed by atoms with Crippen molar-refractivity contribution in [3.8, 4) is 11.8 Å². The monoisotopic (exact) mass is 215 g/mol. The van der Waals surface area contributed by atoms with Crippen molar-refractivity contribution >= 4 is 6.47 Å². The Morgan fingerprint density at radius 1 is 1.38 bits per heavy atom. The van der Waals surface area contributed by atoms with E-state index >= 15 is 0 Å². The highest BCUT2D eigenvalue weighted by Gasteiger charge is 2.21. The molecule has 82 valence electrons. The third-order valence-electron chi connectivity index (χ3n) is 3.11. The number of hydrogen-bond donors (Lipinski definition) is 0. The molecule has 1 aromatic rings. The van der Waals surface area contributed by atoms with Gasteiger partial charge in [-0.15, -0.1) is 0 Å². The van der Waals surface area contributed by atoms with E-state index in [1.54, 1.807) is 12.1 Å². The van der Waals surface area contributed by atoms with Gasteiger partial charge < -0.3 is 4.74 Å². The summed E-state index contributed by atoms with van der Waals surface area (Å²) in [6.45, 7) is 0.444. The molecule has 0 amide bonds. The topological polar surface area (TPSA) is 50.1 Å². The smallest absolute Gasteiger partial charge is 0.298 e. The number of nitriles is 1. The van der Waals surface area contributed by atoms with Crippen molar-refractivity contribution in [2.75, 3.05) is 0 Å². The molecule has 1 saturated carbocycles. The van der Waals surface area contributed by atoms with E-state index in [0.29, 0.717) is 23.7 Å². The maximum absolute atomic E-state index is 10.4. The van der Waals surface area contributed by atoms with Crippen LogP contribution in [-0.4, -0.2) is 6.47 Å². The van der Waals surface area contributed by atoms with Crippen molar-refractivity contribution in [2.45, 2.75) is 31.6 Å². The van der Waals surface area contributed by atoms with Crippen LogP contribution < -0.4 is 4.74 Å². The first kappa shape index (κ1) is 10.7. The van der Waals surface area contributed by atoms with Crippen LogP contribution in [-0.2, 0) is 4.79 Å². The van der Waals surface area contributed by atoms with Gasteiger partial charge >= 0.3 is 0 Å². The second-order valence-corrected chi connectivity index (χ2v) is 4.06. The molecule has 1 aliphatic carbocycles. The SMILES string of the molecule is N#Cc1ccc(OC=O)c(C2CCCC2)c1. The first-order valence-electron chi connectivity index (χ1n) is 5.49. The standard InChI is InChI=1S/C13H13NO2/c14-8-10-5-6-13(16-9-15)12(7-10)11-3-1-2-4-11/h5-7,9,11H,1-4H2. The summed E-state index contributed by atoms with van der Waals surface area (Å²) < 4.78 is 4.96. The highest BCUT2D eigenvalue weighted by Crippen LogP contribution is 2.38. The molecule has 1 fully saturated rings. The molecular formula is C13H13NO2. The van der Waals surface area contributed by atoms with Crippen LogP contribution in [0.3, 0.4) is 0 Å². The van der Waals surface area contributed by atoms with Crippen LogP contribution in [0.1, 0.15) is 42.7 Å². The lowest BCUT2D eigenvalue weighted by molar-refractivity contribution is -0.120. The number of rotatable bonds is 3. The molecule has 1 aromatic carbocycles. The van der Waals surface area contributed by atoms with E-state index in [1.807, 2.05) is 6.07 Å². The van der Waals surface area contributed by atoms with Crippen molar-refractivity contribution in [3.63, 3.8) is 0 Å². The highest BCUT2D eigenvalue weighted by atomic mass is 16.5. The van der Waals surface area contributed by atoms with Crippen LogP contribution >= 0.6 is 0 Å². The summed E-state index contributed by atoms with van der Waals surface area (Å²) in [5.74, 6) is 1.03. The van der Waals surface area contributed by atoms with E-state index in [0.717, 1.165) is 18.4 Å². The first-order chi connectivity index (χ1) is 7.85. The summed E-state index contributed by atoms with van der Waals surface area (Å²) in [4.78, 5) is 10.4. The van der Waals surface area contributed by atoms with Gasteiger partial charge in [0.25, 0.3) is 6.47 Å². The average Bonchev–Trinajstić information content (AvgIpc) is 2.83. The molecule has 0 saturated heterocycles. The second kappa shape index (κ2) is 4.80. The van der Waals surface area contributed by atoms with Gasteiger partial charge in [-0.2, -0.15) is 5.26 Å². The maximum Gasteiger partial charge on any atom is 0.298 e. The largest absolute Gasteiger partial charge is 0.428 e. The third-order valence-corrected chi connectivity index (χ3v) is 3.11. The van der Waals surface area contributed by atoms with Gasteiger partial charge in [-0.05, 0) is 42.5 Å². The number of carbonyl (C=O) groups is 1. The first-order valence-corrected chi connectivity index (χ1v) is 5.49. The molecule has 2 rings (SSSR count). The Hall–Kier alpha value is -1.82. The lowest BCUT2D eigenvalue weighted by atomic mass is 9.95. The van der Waals surface area contributed by atoms with Crippen molar-refractivity contribution in [1.82, 2.24) is 0 Å². The van der Waals surface area contributed by atoms with Gasteiger partial charge in [0, 0.05) is 0 Å². The minimum atomic E-state index is 0.434. The fourth-order valence-corrected chi connectivity index (χ4v) is 2.33. The summed E-state index contributed by atoms with van der Waals surface area (Å²) in [6.07, 6.45) is 4.65. The molecule has 0 atom stereocenters. The van der Waals surface area contributed by atoms with Gasteiger partial charge in [-0.25, -0.2) is 0 Å². The molecule has 0 spiro atoms. The number of benzene rings is 1. The molecule has 0 heterocycles. The van der Waals surface area contributed by atoms with Crippen LogP contribution in [0.25, 0.3) is 0 Å². The normalized spacial score (nSPS) is 15.7. The van der Waals surface area contributed by atoms with Crippen LogP contribution in [0.2, 0.25) is 0 Å². The third kappa shape index (κ3) is 2.06. The van der Waals surface area contributed by atoms with Crippen molar-refractivity contribution in [2.24, 2.45) is 0 Å². The van der Waals surface area contributed by atoms with Gasteiger partial charge in [0.15, 0.2) is 0 Å². The number of ether oxygens (including phenoxy) is 1. The molecule has 0 unspecified atom stereocenters. The molecule has 0 bridgehead atoms. The van der Waals surface area contributed by atoms with Gasteiger partial charge in [0.1, 0.15) is 5.75 Å². The molecule has 16 heavy (non-hydrogen) atoms. The Bertz CT molecular complexity index is 428. The Morgan fingerprint density at radius 3 is 2.75 bits per heavy atom. The van der Waals surface area contributed by atoms with Gasteiger partial charge in [-0.1, -0.05) is 12.8 Å². The zero-order valence-electron chi connectivity index (χ0n) is 8.98. The zero-order valence-corrected chi connectivity index (χ0v) is 8.98. The molecule has 0 aromatic heterocycles. The fraction of sp³-hybridized carbons (Fsp3) is 0.385. The summed E-state index contributed by atoms with van der Waals surface area (Å²) in [5.41, 5.74) is 1.63. The zero-order chi connectivity index (χ0) is 11.4. The van der Waals surface area contributed by atoms with E-state index in [-0.39, 0.29) is 0 Å². The minimum absolute atomic E-state index is 0.434. The number of nitrogens with zero attached hydrogens (tertiary/aromatic N) is 1. The molecule has 1 aliphatic rings. The molecule has 3 heteroatoms. The van der Waals surface area contributed by atoms with Gasteiger partial charge in [0.2, 0.25) is 0 Å². The molecule has 0 radical (unpaired) electrons. The maximum atomic E-state index is 10.4. The van der Waals surface area contributed by atoms with E-state index in [4.69, 9.17) is 10.00 Å². The Balaban J connectivity index is 2.37. The Morgan fingerprint density at radius 2 is 2.12 bits per heavy atom. The minimum Gasteiger partial charge on any atom is -0.428 e. The molecule has 0 N–H and O–H groups in total. The van der Waals surface area contributed by atoms with Crippen LogP contribution in [0.15, 0.2) is 18.2 Å². The van der Waals surface area contributed by atoms with E-state index in [2.05, 4.69) is 6.07 Å². The molecule has 3 nitrogen and oxygen atoms in total. The van der Waals surface area contributed by atoms with Gasteiger partial charge in [-0.3, -0.25) is 4.79 Å². The highest BCUT2D eigenvalue weighted by molar-refractivity contribution is 5.51. The summed E-state index contributed by atoms with van der Waals surface area (Å²) in [5, 5.41) is 8.87. The summed E-state index contributed by atoms with van der Waals surface area (Å²) in [6, 6.07) is 7.35. The van der Waals surface area contributed by atoms with Gasteiger partial charge in [0.05, 0.1) is 11.6 Å². The average molecular weight is 215 g/mol. The lowest BCUT2D eigenvalue weighted by Crippen LogP contribution is -1.99. The predicted molar refractivity (Wildman–Crippen MR) is 59.1 cm³/mol.